The van der Waals surface area contributed by atoms with E-state index >= 15 is 0 Å². The summed E-state index contributed by atoms with van der Waals surface area (Å²) in [6.07, 6.45) is 5.55. The van der Waals surface area contributed by atoms with E-state index in [1.54, 1.807) is 11.1 Å². The minimum absolute atomic E-state index is 0.551. The third-order valence-corrected chi connectivity index (χ3v) is 4.41. The average Bonchev–Trinajstić information content (AvgIpc) is 2.51. The Morgan fingerprint density at radius 3 is 2.73 bits per heavy atom. The summed E-state index contributed by atoms with van der Waals surface area (Å²) in [6.45, 7) is 2.21. The molecule has 1 heteroatoms. The van der Waals surface area contributed by atoms with E-state index in [9.17, 15) is 0 Å². The number of rotatable bonds is 1. The molecule has 1 saturated carbocycles. The van der Waals surface area contributed by atoms with Crippen molar-refractivity contribution < 1.29 is 0 Å². The molecular weight excluding hydrogens is 182 g/mol. The monoisotopic (exact) mass is 201 g/mol. The average molecular weight is 201 g/mol. The van der Waals surface area contributed by atoms with Gasteiger partial charge >= 0.3 is 0 Å². The molecule has 3 rings (SSSR count). The number of hydrogen-bond acceptors (Lipinski definition) is 1. The van der Waals surface area contributed by atoms with Crippen LogP contribution in [0.3, 0.4) is 0 Å². The molecule has 1 nitrogen and oxygen atoms in total. The Kier molecular flexibility index (Phi) is 1.93. The van der Waals surface area contributed by atoms with Crippen LogP contribution in [0.5, 0.6) is 0 Å². The molecule has 1 aromatic rings. The lowest BCUT2D eigenvalue weighted by molar-refractivity contribution is 0.227. The number of hydrogen-bond donors (Lipinski definition) is 1. The van der Waals surface area contributed by atoms with Gasteiger partial charge in [0, 0.05) is 6.04 Å². The van der Waals surface area contributed by atoms with E-state index in [0.29, 0.717) is 11.5 Å². The van der Waals surface area contributed by atoms with Crippen LogP contribution in [0.15, 0.2) is 18.2 Å². The molecule has 1 N–H and O–H groups in total. The third kappa shape index (κ3) is 1.19. The van der Waals surface area contributed by atoms with Gasteiger partial charge in [0.05, 0.1) is 0 Å². The zero-order valence-electron chi connectivity index (χ0n) is 9.64. The molecule has 0 radical (unpaired) electrons. The summed E-state index contributed by atoms with van der Waals surface area (Å²) < 4.78 is 0. The topological polar surface area (TPSA) is 12.0 Å². The van der Waals surface area contributed by atoms with Crippen molar-refractivity contribution in [1.29, 1.82) is 0 Å². The van der Waals surface area contributed by atoms with Crippen molar-refractivity contribution in [3.63, 3.8) is 0 Å². The van der Waals surface area contributed by atoms with Crippen molar-refractivity contribution in [2.75, 3.05) is 7.05 Å². The summed E-state index contributed by atoms with van der Waals surface area (Å²) in [6, 6.07) is 7.60. The van der Waals surface area contributed by atoms with Crippen molar-refractivity contribution in [3.8, 4) is 0 Å². The van der Waals surface area contributed by atoms with Crippen LogP contribution < -0.4 is 5.32 Å². The Labute approximate surface area is 91.9 Å². The Morgan fingerprint density at radius 2 is 2.13 bits per heavy atom. The molecule has 2 aliphatic rings. The maximum absolute atomic E-state index is 3.46. The van der Waals surface area contributed by atoms with Crippen LogP contribution in [0.25, 0.3) is 0 Å². The fourth-order valence-corrected chi connectivity index (χ4v) is 3.38. The highest BCUT2D eigenvalue weighted by Crippen LogP contribution is 2.56. The van der Waals surface area contributed by atoms with E-state index in [-0.39, 0.29) is 0 Å². The molecule has 1 atom stereocenters. The molecule has 15 heavy (non-hydrogen) atoms. The SMILES string of the molecule is CNC1CC2(CCC2)c2cc(C)ccc21. The van der Waals surface area contributed by atoms with Gasteiger partial charge in [-0.05, 0) is 49.8 Å². The molecular formula is C14H19N. The molecule has 1 unspecified atom stereocenters. The Morgan fingerprint density at radius 1 is 1.33 bits per heavy atom. The molecule has 0 saturated heterocycles. The smallest absolute Gasteiger partial charge is 0.0328 e. The van der Waals surface area contributed by atoms with E-state index in [2.05, 4.69) is 37.5 Å². The summed E-state index contributed by atoms with van der Waals surface area (Å²) in [5.74, 6) is 0. The van der Waals surface area contributed by atoms with E-state index in [0.717, 1.165) is 0 Å². The molecule has 0 amide bonds. The quantitative estimate of drug-likeness (QED) is 0.736. The van der Waals surface area contributed by atoms with Crippen LogP contribution in [-0.2, 0) is 5.41 Å². The van der Waals surface area contributed by atoms with Crippen LogP contribution in [-0.4, -0.2) is 7.05 Å². The van der Waals surface area contributed by atoms with E-state index < -0.39 is 0 Å². The van der Waals surface area contributed by atoms with Gasteiger partial charge in [-0.2, -0.15) is 0 Å². The molecule has 0 aromatic heterocycles. The van der Waals surface area contributed by atoms with Crippen LogP contribution >= 0.6 is 0 Å². The number of benzene rings is 1. The second-order valence-corrected chi connectivity index (χ2v) is 5.27. The highest BCUT2D eigenvalue weighted by molar-refractivity contribution is 5.45. The second kappa shape index (κ2) is 3.08. The molecule has 1 spiro atoms. The molecule has 0 bridgehead atoms. The number of fused-ring (bicyclic) bond motifs is 2. The third-order valence-electron chi connectivity index (χ3n) is 4.41. The summed E-state index contributed by atoms with van der Waals surface area (Å²) in [7, 11) is 2.09. The lowest BCUT2D eigenvalue weighted by Crippen LogP contribution is -2.32. The first kappa shape index (κ1) is 9.41. The molecule has 2 aliphatic carbocycles. The Balaban J connectivity index is 2.11. The fraction of sp³-hybridized carbons (Fsp3) is 0.571. The van der Waals surface area contributed by atoms with Crippen molar-refractivity contribution in [2.24, 2.45) is 0 Å². The Bertz CT molecular complexity index is 390. The van der Waals surface area contributed by atoms with Crippen molar-refractivity contribution in [2.45, 2.75) is 44.1 Å². The van der Waals surface area contributed by atoms with Gasteiger partial charge in [0.25, 0.3) is 0 Å². The number of nitrogens with one attached hydrogen (secondary N) is 1. The first-order chi connectivity index (χ1) is 7.25. The first-order valence-corrected chi connectivity index (χ1v) is 6.03. The molecule has 0 aliphatic heterocycles. The minimum Gasteiger partial charge on any atom is -0.313 e. The van der Waals surface area contributed by atoms with Gasteiger partial charge in [-0.25, -0.2) is 0 Å². The standard InChI is InChI=1S/C14H19N/c1-10-4-5-11-12(8-10)14(6-3-7-14)9-13(11)15-2/h4-5,8,13,15H,3,6-7,9H2,1-2H3. The highest BCUT2D eigenvalue weighted by Gasteiger charge is 2.46. The van der Waals surface area contributed by atoms with Crippen LogP contribution in [0, 0.1) is 6.92 Å². The number of aryl methyl sites for hydroxylation is 1. The van der Waals surface area contributed by atoms with Gasteiger partial charge in [-0.3, -0.25) is 0 Å². The van der Waals surface area contributed by atoms with Gasteiger partial charge in [0.1, 0.15) is 0 Å². The lowest BCUT2D eigenvalue weighted by atomic mass is 9.65. The van der Waals surface area contributed by atoms with Crippen molar-refractivity contribution in [1.82, 2.24) is 5.32 Å². The zero-order chi connectivity index (χ0) is 10.5. The van der Waals surface area contributed by atoms with E-state index in [4.69, 9.17) is 0 Å². The van der Waals surface area contributed by atoms with Gasteiger partial charge in [0.15, 0.2) is 0 Å². The summed E-state index contributed by atoms with van der Waals surface area (Å²) in [4.78, 5) is 0. The normalized spacial score (nSPS) is 26.4. The largest absolute Gasteiger partial charge is 0.313 e. The molecule has 0 heterocycles. The summed E-state index contributed by atoms with van der Waals surface area (Å²) in [5, 5.41) is 3.46. The van der Waals surface area contributed by atoms with Crippen LogP contribution in [0.2, 0.25) is 0 Å². The lowest BCUT2D eigenvalue weighted by Gasteiger charge is -2.39. The van der Waals surface area contributed by atoms with Crippen molar-refractivity contribution >= 4 is 0 Å². The fourth-order valence-electron chi connectivity index (χ4n) is 3.38. The summed E-state index contributed by atoms with van der Waals surface area (Å²) in [5.41, 5.74) is 5.17. The van der Waals surface area contributed by atoms with Gasteiger partial charge < -0.3 is 5.32 Å². The van der Waals surface area contributed by atoms with Crippen LogP contribution in [0.4, 0.5) is 0 Å². The molecule has 1 aromatic carbocycles. The van der Waals surface area contributed by atoms with Crippen LogP contribution in [0.1, 0.15) is 48.4 Å². The van der Waals surface area contributed by atoms with Gasteiger partial charge in [0.2, 0.25) is 0 Å². The first-order valence-electron chi connectivity index (χ1n) is 6.03. The predicted molar refractivity (Wildman–Crippen MR) is 63.1 cm³/mol. The minimum atomic E-state index is 0.551. The zero-order valence-corrected chi connectivity index (χ0v) is 9.64. The van der Waals surface area contributed by atoms with E-state index in [1.807, 2.05) is 0 Å². The van der Waals surface area contributed by atoms with Gasteiger partial charge in [-0.15, -0.1) is 0 Å². The summed E-state index contributed by atoms with van der Waals surface area (Å²) >= 11 is 0. The maximum atomic E-state index is 3.46. The van der Waals surface area contributed by atoms with E-state index in [1.165, 1.54) is 31.2 Å². The molecule has 80 valence electrons. The maximum Gasteiger partial charge on any atom is 0.0328 e. The Hall–Kier alpha value is -0.820. The highest BCUT2D eigenvalue weighted by atomic mass is 14.9. The second-order valence-electron chi connectivity index (χ2n) is 5.27. The van der Waals surface area contributed by atoms with Crippen molar-refractivity contribution in [3.05, 3.63) is 34.9 Å². The predicted octanol–water partition coefficient (Wildman–Crippen LogP) is 3.08. The van der Waals surface area contributed by atoms with Gasteiger partial charge in [-0.1, -0.05) is 30.2 Å². The molecule has 1 fully saturated rings.